The molecule has 0 fully saturated rings. The van der Waals surface area contributed by atoms with Gasteiger partial charge < -0.3 is 0 Å². The summed E-state index contributed by atoms with van der Waals surface area (Å²) in [6.07, 6.45) is 2.55. The minimum atomic E-state index is -1.83. The maximum atomic E-state index is 13.4. The number of hydrogen-bond donors (Lipinski definition) is 0. The standard InChI is InChI=1S/C12H10F4/c1-4-12(3,5-2)7-6-8(13)10(15)11(16)9(7)14/h4-6H,1-2H2,3H3. The minimum absolute atomic E-state index is 0.339. The van der Waals surface area contributed by atoms with Crippen LogP contribution in [-0.4, -0.2) is 0 Å². The monoisotopic (exact) mass is 230 g/mol. The smallest absolute Gasteiger partial charge is 0.197 e. The van der Waals surface area contributed by atoms with Crippen molar-refractivity contribution < 1.29 is 17.6 Å². The van der Waals surface area contributed by atoms with E-state index < -0.39 is 28.7 Å². The predicted octanol–water partition coefficient (Wildman–Crippen LogP) is 3.87. The van der Waals surface area contributed by atoms with E-state index in [1.165, 1.54) is 19.1 Å². The van der Waals surface area contributed by atoms with Gasteiger partial charge in [0.25, 0.3) is 0 Å². The maximum absolute atomic E-state index is 13.4. The Morgan fingerprint density at radius 3 is 1.94 bits per heavy atom. The van der Waals surface area contributed by atoms with Crippen molar-refractivity contribution in [2.45, 2.75) is 12.3 Å². The van der Waals surface area contributed by atoms with Crippen LogP contribution in [-0.2, 0) is 5.41 Å². The van der Waals surface area contributed by atoms with Gasteiger partial charge in [-0.25, -0.2) is 17.6 Å². The number of rotatable bonds is 3. The first kappa shape index (κ1) is 12.5. The van der Waals surface area contributed by atoms with Gasteiger partial charge in [0.05, 0.1) is 0 Å². The molecule has 16 heavy (non-hydrogen) atoms. The predicted molar refractivity (Wildman–Crippen MR) is 54.0 cm³/mol. The number of halogens is 4. The zero-order valence-corrected chi connectivity index (χ0v) is 8.66. The van der Waals surface area contributed by atoms with Crippen LogP contribution in [0, 0.1) is 23.3 Å². The lowest BCUT2D eigenvalue weighted by molar-refractivity contribution is 0.399. The molecule has 0 aromatic heterocycles. The van der Waals surface area contributed by atoms with Crippen LogP contribution in [0.3, 0.4) is 0 Å². The third kappa shape index (κ3) is 1.75. The topological polar surface area (TPSA) is 0 Å². The number of benzene rings is 1. The molecule has 4 heteroatoms. The highest BCUT2D eigenvalue weighted by molar-refractivity contribution is 5.37. The first-order valence-electron chi connectivity index (χ1n) is 4.48. The summed E-state index contributed by atoms with van der Waals surface area (Å²) < 4.78 is 52.1. The van der Waals surface area contributed by atoms with Crippen LogP contribution in [0.2, 0.25) is 0 Å². The molecule has 0 aliphatic heterocycles. The van der Waals surface area contributed by atoms with Crippen LogP contribution in [0.4, 0.5) is 17.6 Å². The van der Waals surface area contributed by atoms with E-state index in [2.05, 4.69) is 13.2 Å². The Morgan fingerprint density at radius 2 is 1.50 bits per heavy atom. The molecule has 0 nitrogen and oxygen atoms in total. The molecule has 0 spiro atoms. The van der Waals surface area contributed by atoms with Gasteiger partial charge >= 0.3 is 0 Å². The Labute approximate surface area is 90.9 Å². The van der Waals surface area contributed by atoms with Crippen molar-refractivity contribution in [2.75, 3.05) is 0 Å². The van der Waals surface area contributed by atoms with E-state index in [1.54, 1.807) is 0 Å². The molecule has 0 radical (unpaired) electrons. The molecule has 1 rings (SSSR count). The van der Waals surface area contributed by atoms with Gasteiger partial charge in [-0.1, -0.05) is 12.2 Å². The van der Waals surface area contributed by atoms with Gasteiger partial charge in [0.1, 0.15) is 0 Å². The molecule has 0 unspecified atom stereocenters. The van der Waals surface area contributed by atoms with Gasteiger partial charge in [0.2, 0.25) is 0 Å². The summed E-state index contributed by atoms with van der Waals surface area (Å²) >= 11 is 0. The molecular weight excluding hydrogens is 220 g/mol. The van der Waals surface area contributed by atoms with Crippen LogP contribution in [0.25, 0.3) is 0 Å². The third-order valence-corrected chi connectivity index (χ3v) is 2.53. The molecule has 0 heterocycles. The van der Waals surface area contributed by atoms with Gasteiger partial charge in [0.15, 0.2) is 23.3 Å². The maximum Gasteiger partial charge on any atom is 0.197 e. The SMILES string of the molecule is C=CC(C)(C=C)c1cc(F)c(F)c(F)c1F. The molecule has 0 aliphatic carbocycles. The molecule has 1 aromatic carbocycles. The fourth-order valence-corrected chi connectivity index (χ4v) is 1.27. The van der Waals surface area contributed by atoms with E-state index in [4.69, 9.17) is 0 Å². The fourth-order valence-electron chi connectivity index (χ4n) is 1.27. The molecular formula is C12H10F4. The van der Waals surface area contributed by atoms with E-state index in [0.29, 0.717) is 6.07 Å². The summed E-state index contributed by atoms with van der Waals surface area (Å²) in [6, 6.07) is 0.608. The summed E-state index contributed by atoms with van der Waals surface area (Å²) in [5.41, 5.74) is -1.49. The van der Waals surface area contributed by atoms with Gasteiger partial charge in [0, 0.05) is 11.0 Å². The highest BCUT2D eigenvalue weighted by Gasteiger charge is 2.28. The highest BCUT2D eigenvalue weighted by atomic mass is 19.2. The average molecular weight is 230 g/mol. The summed E-state index contributed by atoms with van der Waals surface area (Å²) in [4.78, 5) is 0. The lowest BCUT2D eigenvalue weighted by atomic mass is 9.82. The van der Waals surface area contributed by atoms with Crippen molar-refractivity contribution in [1.82, 2.24) is 0 Å². The lowest BCUT2D eigenvalue weighted by Gasteiger charge is -2.22. The molecule has 1 aromatic rings. The molecule has 0 bridgehead atoms. The van der Waals surface area contributed by atoms with Gasteiger partial charge in [-0.05, 0) is 13.0 Å². The van der Waals surface area contributed by atoms with Crippen molar-refractivity contribution in [3.8, 4) is 0 Å². The molecule has 0 atom stereocenters. The first-order chi connectivity index (χ1) is 7.37. The van der Waals surface area contributed by atoms with E-state index in [1.807, 2.05) is 0 Å². The van der Waals surface area contributed by atoms with Crippen molar-refractivity contribution >= 4 is 0 Å². The summed E-state index contributed by atoms with van der Waals surface area (Å²) in [5, 5.41) is 0. The molecule has 0 saturated heterocycles. The molecule has 0 saturated carbocycles. The Morgan fingerprint density at radius 1 is 1.00 bits per heavy atom. The van der Waals surface area contributed by atoms with Gasteiger partial charge in [-0.2, -0.15) is 0 Å². The van der Waals surface area contributed by atoms with E-state index in [9.17, 15) is 17.6 Å². The van der Waals surface area contributed by atoms with Crippen molar-refractivity contribution in [3.05, 3.63) is 60.2 Å². The Bertz CT molecular complexity index is 441. The van der Waals surface area contributed by atoms with Crippen molar-refractivity contribution in [2.24, 2.45) is 0 Å². The fraction of sp³-hybridized carbons (Fsp3) is 0.167. The Kier molecular flexibility index (Phi) is 3.21. The molecule has 0 aliphatic rings. The van der Waals surface area contributed by atoms with E-state index in [-0.39, 0.29) is 5.56 Å². The summed E-state index contributed by atoms with van der Waals surface area (Å²) in [5.74, 6) is -6.52. The minimum Gasteiger partial charge on any atom is -0.204 e. The third-order valence-electron chi connectivity index (χ3n) is 2.53. The lowest BCUT2D eigenvalue weighted by Crippen LogP contribution is -2.19. The molecule has 86 valence electrons. The normalized spacial score (nSPS) is 11.3. The van der Waals surface area contributed by atoms with Crippen LogP contribution in [0.15, 0.2) is 31.4 Å². The largest absolute Gasteiger partial charge is 0.204 e. The Balaban J connectivity index is 3.58. The van der Waals surface area contributed by atoms with Crippen molar-refractivity contribution in [1.29, 1.82) is 0 Å². The molecule has 0 N–H and O–H groups in total. The van der Waals surface area contributed by atoms with Crippen LogP contribution in [0.1, 0.15) is 12.5 Å². The van der Waals surface area contributed by atoms with Crippen LogP contribution in [0.5, 0.6) is 0 Å². The zero-order chi connectivity index (χ0) is 12.5. The van der Waals surface area contributed by atoms with Gasteiger partial charge in [-0.3, -0.25) is 0 Å². The first-order valence-corrected chi connectivity index (χ1v) is 4.48. The van der Waals surface area contributed by atoms with E-state index in [0.717, 1.165) is 0 Å². The second kappa shape index (κ2) is 4.12. The number of allylic oxidation sites excluding steroid dienone is 2. The second-order valence-corrected chi connectivity index (χ2v) is 3.54. The summed E-state index contributed by atoms with van der Waals surface area (Å²) in [6.45, 7) is 8.31. The number of hydrogen-bond acceptors (Lipinski definition) is 0. The second-order valence-electron chi connectivity index (χ2n) is 3.54. The Hall–Kier alpha value is -1.58. The quantitative estimate of drug-likeness (QED) is 0.320. The highest BCUT2D eigenvalue weighted by Crippen LogP contribution is 2.31. The average Bonchev–Trinajstić information content (AvgIpc) is 2.30. The van der Waals surface area contributed by atoms with Gasteiger partial charge in [-0.15, -0.1) is 13.2 Å². The van der Waals surface area contributed by atoms with Crippen LogP contribution >= 0.6 is 0 Å². The van der Waals surface area contributed by atoms with E-state index >= 15 is 0 Å². The summed E-state index contributed by atoms with van der Waals surface area (Å²) in [7, 11) is 0. The van der Waals surface area contributed by atoms with Crippen LogP contribution < -0.4 is 0 Å². The van der Waals surface area contributed by atoms with Crippen molar-refractivity contribution in [3.63, 3.8) is 0 Å². The zero-order valence-electron chi connectivity index (χ0n) is 8.66. The molecule has 0 amide bonds.